The molecule has 0 bridgehead atoms. The van der Waals surface area contributed by atoms with Gasteiger partial charge < -0.3 is 5.32 Å². The zero-order valence-electron chi connectivity index (χ0n) is 12.2. The molecule has 1 fully saturated rings. The molecule has 2 rings (SSSR count). The molecule has 0 saturated carbocycles. The summed E-state index contributed by atoms with van der Waals surface area (Å²) in [6.45, 7) is 7.77. The van der Waals surface area contributed by atoms with E-state index in [0.29, 0.717) is 6.04 Å². The molecule has 1 aliphatic heterocycles. The first kappa shape index (κ1) is 14.3. The van der Waals surface area contributed by atoms with Gasteiger partial charge in [0.2, 0.25) is 0 Å². The second-order valence-corrected chi connectivity index (χ2v) is 5.46. The van der Waals surface area contributed by atoms with E-state index in [1.165, 1.54) is 45.2 Å². The molecular formula is C15H26N4. The predicted octanol–water partition coefficient (Wildman–Crippen LogP) is 2.85. The van der Waals surface area contributed by atoms with Crippen molar-refractivity contribution in [1.82, 2.24) is 14.9 Å². The van der Waals surface area contributed by atoms with Crippen molar-refractivity contribution < 1.29 is 0 Å². The van der Waals surface area contributed by atoms with Crippen LogP contribution < -0.4 is 5.32 Å². The van der Waals surface area contributed by atoms with Crippen LogP contribution in [0.2, 0.25) is 0 Å². The van der Waals surface area contributed by atoms with E-state index in [9.17, 15) is 0 Å². The maximum atomic E-state index is 4.27. The fourth-order valence-electron chi connectivity index (χ4n) is 2.72. The number of hydrogen-bond donors (Lipinski definition) is 1. The van der Waals surface area contributed by atoms with E-state index in [-0.39, 0.29) is 0 Å². The molecule has 2 heterocycles. The first-order valence-electron chi connectivity index (χ1n) is 7.56. The van der Waals surface area contributed by atoms with Gasteiger partial charge in [0, 0.05) is 24.3 Å². The van der Waals surface area contributed by atoms with Crippen LogP contribution in [-0.2, 0) is 0 Å². The second-order valence-electron chi connectivity index (χ2n) is 5.46. The fraction of sp³-hybridized carbons (Fsp3) is 0.733. The minimum absolute atomic E-state index is 0.663. The molecule has 0 aliphatic carbocycles. The maximum absolute atomic E-state index is 4.27. The molecule has 0 aromatic carbocycles. The van der Waals surface area contributed by atoms with Gasteiger partial charge in [-0.05, 0) is 39.3 Å². The van der Waals surface area contributed by atoms with Crippen molar-refractivity contribution in [3.63, 3.8) is 0 Å². The standard InChI is InChI=1S/C15H26N4/c1-3-4-8-19-9-6-5-7-14(19)11-16-15-10-13(2)17-12-18-15/h10,12,14H,3-9,11H2,1-2H3,(H,16,17,18). The van der Waals surface area contributed by atoms with E-state index < -0.39 is 0 Å². The number of nitrogens with one attached hydrogen (secondary N) is 1. The van der Waals surface area contributed by atoms with Gasteiger partial charge in [-0.1, -0.05) is 19.8 Å². The van der Waals surface area contributed by atoms with Gasteiger partial charge in [-0.3, -0.25) is 4.90 Å². The largest absolute Gasteiger partial charge is 0.368 e. The minimum Gasteiger partial charge on any atom is -0.368 e. The van der Waals surface area contributed by atoms with Crippen LogP contribution in [0.5, 0.6) is 0 Å². The Morgan fingerprint density at radius 3 is 3.05 bits per heavy atom. The summed E-state index contributed by atoms with van der Waals surface area (Å²) in [6.07, 6.45) is 8.24. The van der Waals surface area contributed by atoms with Crippen LogP contribution in [0, 0.1) is 6.92 Å². The molecule has 1 aromatic rings. The average Bonchev–Trinajstić information content (AvgIpc) is 2.44. The number of nitrogens with zero attached hydrogens (tertiary/aromatic N) is 3. The van der Waals surface area contributed by atoms with Crippen molar-refractivity contribution in [1.29, 1.82) is 0 Å². The zero-order chi connectivity index (χ0) is 13.5. The molecule has 1 unspecified atom stereocenters. The lowest BCUT2D eigenvalue weighted by Crippen LogP contribution is -2.44. The third-order valence-electron chi connectivity index (χ3n) is 3.87. The second kappa shape index (κ2) is 7.43. The summed E-state index contributed by atoms with van der Waals surface area (Å²) in [5.41, 5.74) is 1.02. The first-order valence-corrected chi connectivity index (χ1v) is 7.56. The van der Waals surface area contributed by atoms with E-state index in [1.807, 2.05) is 13.0 Å². The van der Waals surface area contributed by atoms with Crippen LogP contribution in [0.1, 0.15) is 44.7 Å². The van der Waals surface area contributed by atoms with Crippen LogP contribution in [0.25, 0.3) is 0 Å². The van der Waals surface area contributed by atoms with E-state index in [4.69, 9.17) is 0 Å². The molecule has 4 heteroatoms. The number of rotatable bonds is 6. The summed E-state index contributed by atoms with van der Waals surface area (Å²) in [5.74, 6) is 0.952. The number of unbranched alkanes of at least 4 members (excludes halogenated alkanes) is 1. The lowest BCUT2D eigenvalue weighted by molar-refractivity contribution is 0.154. The lowest BCUT2D eigenvalue weighted by atomic mass is 10.0. The van der Waals surface area contributed by atoms with Crippen LogP contribution in [0.3, 0.4) is 0 Å². The molecule has 0 spiro atoms. The minimum atomic E-state index is 0.663. The summed E-state index contributed by atoms with van der Waals surface area (Å²) in [4.78, 5) is 11.0. The van der Waals surface area contributed by atoms with Gasteiger partial charge in [0.15, 0.2) is 0 Å². The van der Waals surface area contributed by atoms with E-state index in [0.717, 1.165) is 18.1 Å². The van der Waals surface area contributed by atoms with Crippen LogP contribution in [0.4, 0.5) is 5.82 Å². The number of likely N-dealkylation sites (tertiary alicyclic amines) is 1. The average molecular weight is 262 g/mol. The highest BCUT2D eigenvalue weighted by Gasteiger charge is 2.21. The summed E-state index contributed by atoms with van der Waals surface area (Å²) < 4.78 is 0. The summed E-state index contributed by atoms with van der Waals surface area (Å²) >= 11 is 0. The Labute approximate surface area is 116 Å². The summed E-state index contributed by atoms with van der Waals surface area (Å²) in [5, 5.41) is 3.47. The molecule has 1 saturated heterocycles. The molecular weight excluding hydrogens is 236 g/mol. The Balaban J connectivity index is 1.85. The zero-order valence-corrected chi connectivity index (χ0v) is 12.2. The maximum Gasteiger partial charge on any atom is 0.129 e. The smallest absolute Gasteiger partial charge is 0.129 e. The van der Waals surface area contributed by atoms with E-state index in [2.05, 4.69) is 27.1 Å². The molecule has 1 atom stereocenters. The quantitative estimate of drug-likeness (QED) is 0.856. The Morgan fingerprint density at radius 2 is 2.26 bits per heavy atom. The van der Waals surface area contributed by atoms with Crippen molar-refractivity contribution in [2.24, 2.45) is 0 Å². The van der Waals surface area contributed by atoms with Crippen molar-refractivity contribution in [2.45, 2.75) is 52.0 Å². The van der Waals surface area contributed by atoms with E-state index in [1.54, 1.807) is 6.33 Å². The molecule has 1 aliphatic rings. The molecule has 19 heavy (non-hydrogen) atoms. The normalized spacial score (nSPS) is 20.4. The highest BCUT2D eigenvalue weighted by Crippen LogP contribution is 2.18. The molecule has 1 aromatic heterocycles. The number of aryl methyl sites for hydroxylation is 1. The number of hydrogen-bond acceptors (Lipinski definition) is 4. The monoisotopic (exact) mass is 262 g/mol. The van der Waals surface area contributed by atoms with Gasteiger partial charge in [-0.2, -0.15) is 0 Å². The number of anilines is 1. The summed E-state index contributed by atoms with van der Waals surface area (Å²) in [6, 6.07) is 2.68. The lowest BCUT2D eigenvalue weighted by Gasteiger charge is -2.35. The highest BCUT2D eigenvalue weighted by atomic mass is 15.2. The molecule has 4 nitrogen and oxygen atoms in total. The van der Waals surface area contributed by atoms with Crippen molar-refractivity contribution >= 4 is 5.82 Å². The Hall–Kier alpha value is -1.16. The van der Waals surface area contributed by atoms with Crippen LogP contribution in [0.15, 0.2) is 12.4 Å². The predicted molar refractivity (Wildman–Crippen MR) is 79.4 cm³/mol. The van der Waals surface area contributed by atoms with Gasteiger partial charge in [-0.25, -0.2) is 9.97 Å². The van der Waals surface area contributed by atoms with Crippen LogP contribution in [-0.4, -0.2) is 40.5 Å². The molecule has 0 radical (unpaired) electrons. The third-order valence-corrected chi connectivity index (χ3v) is 3.87. The van der Waals surface area contributed by atoms with Gasteiger partial charge >= 0.3 is 0 Å². The van der Waals surface area contributed by atoms with Crippen molar-refractivity contribution in [3.8, 4) is 0 Å². The molecule has 106 valence electrons. The van der Waals surface area contributed by atoms with E-state index >= 15 is 0 Å². The number of piperidine rings is 1. The van der Waals surface area contributed by atoms with Crippen molar-refractivity contribution in [2.75, 3.05) is 25.0 Å². The van der Waals surface area contributed by atoms with Crippen LogP contribution >= 0.6 is 0 Å². The summed E-state index contributed by atoms with van der Waals surface area (Å²) in [7, 11) is 0. The van der Waals surface area contributed by atoms with Gasteiger partial charge in [0.25, 0.3) is 0 Å². The first-order chi connectivity index (χ1) is 9.29. The molecule has 0 amide bonds. The van der Waals surface area contributed by atoms with Gasteiger partial charge in [-0.15, -0.1) is 0 Å². The molecule has 1 N–H and O–H groups in total. The Bertz CT molecular complexity index is 380. The van der Waals surface area contributed by atoms with Gasteiger partial charge in [0.05, 0.1) is 0 Å². The topological polar surface area (TPSA) is 41.0 Å². The van der Waals surface area contributed by atoms with Gasteiger partial charge in [0.1, 0.15) is 12.1 Å². The van der Waals surface area contributed by atoms with Crippen molar-refractivity contribution in [3.05, 3.63) is 18.1 Å². The Kier molecular flexibility index (Phi) is 5.58. The third kappa shape index (κ3) is 4.46. The highest BCUT2D eigenvalue weighted by molar-refractivity contribution is 5.34. The SMILES string of the molecule is CCCCN1CCCCC1CNc1cc(C)ncn1. The Morgan fingerprint density at radius 1 is 1.37 bits per heavy atom. The number of aromatic nitrogens is 2. The fourth-order valence-corrected chi connectivity index (χ4v) is 2.72.